The Balaban J connectivity index is 2.06. The third kappa shape index (κ3) is 4.46. The first-order chi connectivity index (χ1) is 10.2. The van der Waals surface area contributed by atoms with Crippen molar-refractivity contribution in [3.8, 4) is 5.75 Å². The van der Waals surface area contributed by atoms with Gasteiger partial charge in [0.1, 0.15) is 12.4 Å². The van der Waals surface area contributed by atoms with Gasteiger partial charge in [0.05, 0.1) is 13.2 Å². The van der Waals surface area contributed by atoms with E-state index in [1.54, 1.807) is 0 Å². The van der Waals surface area contributed by atoms with Gasteiger partial charge in [-0.1, -0.05) is 26.7 Å². The van der Waals surface area contributed by atoms with Crippen LogP contribution in [0.5, 0.6) is 5.75 Å². The summed E-state index contributed by atoms with van der Waals surface area (Å²) in [7, 11) is 0. The summed E-state index contributed by atoms with van der Waals surface area (Å²) in [5, 5.41) is 3.14. The molecule has 1 aliphatic heterocycles. The third-order valence-electron chi connectivity index (χ3n) is 3.67. The minimum Gasteiger partial charge on any atom is -0.491 e. The van der Waals surface area contributed by atoms with E-state index in [1.165, 1.54) is 0 Å². The van der Waals surface area contributed by atoms with E-state index in [4.69, 9.17) is 9.47 Å². The molecule has 0 unspecified atom stereocenters. The number of hydrogen-bond donors (Lipinski definition) is 1. The van der Waals surface area contributed by atoms with Crippen LogP contribution in [0.1, 0.15) is 55.5 Å². The molecule has 0 spiro atoms. The molecule has 0 bridgehead atoms. The van der Waals surface area contributed by atoms with Crippen LogP contribution in [0.2, 0.25) is 0 Å². The van der Waals surface area contributed by atoms with E-state index in [0.717, 1.165) is 37.0 Å². The number of rotatable bonds is 6. The predicted octanol–water partition coefficient (Wildman–Crippen LogP) is 3.29. The summed E-state index contributed by atoms with van der Waals surface area (Å²) < 4.78 is 11.0. The fourth-order valence-electron chi connectivity index (χ4n) is 2.62. The summed E-state index contributed by atoms with van der Waals surface area (Å²) in [6.07, 6.45) is 4.21. The van der Waals surface area contributed by atoms with Gasteiger partial charge in [0.15, 0.2) is 0 Å². The number of ether oxygens (including phenoxy) is 2. The fourth-order valence-corrected chi connectivity index (χ4v) is 2.62. The number of fused-ring (bicyclic) bond motifs is 1. The minimum absolute atomic E-state index is 0.00560. The van der Waals surface area contributed by atoms with Gasteiger partial charge in [0.25, 0.3) is 5.91 Å². The number of carbonyl (C=O) groups excluding carboxylic acids is 1. The van der Waals surface area contributed by atoms with Crippen molar-refractivity contribution in [1.29, 1.82) is 0 Å². The summed E-state index contributed by atoms with van der Waals surface area (Å²) in [5.74, 6) is 0.816. The summed E-state index contributed by atoms with van der Waals surface area (Å²) in [6.45, 7) is 5.94. The van der Waals surface area contributed by atoms with Crippen molar-refractivity contribution in [2.75, 3.05) is 13.2 Å². The van der Waals surface area contributed by atoms with Gasteiger partial charge in [0.2, 0.25) is 0 Å². The van der Waals surface area contributed by atoms with Crippen LogP contribution in [0.4, 0.5) is 0 Å². The van der Waals surface area contributed by atoms with Crippen molar-refractivity contribution in [1.82, 2.24) is 5.32 Å². The molecule has 0 aliphatic carbocycles. The van der Waals surface area contributed by atoms with Crippen LogP contribution < -0.4 is 10.1 Å². The molecule has 1 aromatic rings. The predicted molar refractivity (Wildman–Crippen MR) is 82.7 cm³/mol. The van der Waals surface area contributed by atoms with Crippen LogP contribution in [0, 0.1) is 0 Å². The van der Waals surface area contributed by atoms with Gasteiger partial charge < -0.3 is 14.8 Å². The second kappa shape index (κ2) is 8.03. The normalized spacial score (nSPS) is 14.2. The van der Waals surface area contributed by atoms with Crippen molar-refractivity contribution in [3.05, 3.63) is 29.3 Å². The highest BCUT2D eigenvalue weighted by Crippen LogP contribution is 2.23. The standard InChI is InChI=1S/C17H25NO3/c1-3-5-15(6-4-2)18-17(19)13-7-8-16-14(11-13)12-20-9-10-21-16/h7-8,11,15H,3-6,9-10,12H2,1-2H3,(H,18,19). The Morgan fingerprint density at radius 1 is 1.24 bits per heavy atom. The van der Waals surface area contributed by atoms with E-state index in [1.807, 2.05) is 18.2 Å². The highest BCUT2D eigenvalue weighted by molar-refractivity contribution is 5.94. The third-order valence-corrected chi connectivity index (χ3v) is 3.67. The molecule has 0 saturated heterocycles. The van der Waals surface area contributed by atoms with E-state index in [9.17, 15) is 4.79 Å². The Morgan fingerprint density at radius 2 is 2.00 bits per heavy atom. The van der Waals surface area contributed by atoms with Gasteiger partial charge in [-0.15, -0.1) is 0 Å². The maximum absolute atomic E-state index is 12.4. The molecule has 0 fully saturated rings. The highest BCUT2D eigenvalue weighted by atomic mass is 16.5. The summed E-state index contributed by atoms with van der Waals surface area (Å²) in [4.78, 5) is 12.4. The molecule has 1 N–H and O–H groups in total. The topological polar surface area (TPSA) is 47.6 Å². The van der Waals surface area contributed by atoms with E-state index in [0.29, 0.717) is 25.4 Å². The number of benzene rings is 1. The van der Waals surface area contributed by atoms with Gasteiger partial charge in [-0.05, 0) is 31.0 Å². The van der Waals surface area contributed by atoms with Crippen LogP contribution in [0.3, 0.4) is 0 Å². The maximum atomic E-state index is 12.4. The summed E-state index contributed by atoms with van der Waals surface area (Å²) in [6, 6.07) is 5.84. The zero-order chi connectivity index (χ0) is 15.1. The molecule has 0 atom stereocenters. The summed E-state index contributed by atoms with van der Waals surface area (Å²) >= 11 is 0. The maximum Gasteiger partial charge on any atom is 0.251 e. The van der Waals surface area contributed by atoms with Crippen LogP contribution in [0.25, 0.3) is 0 Å². The number of hydrogen-bond acceptors (Lipinski definition) is 3. The molecule has 116 valence electrons. The number of amides is 1. The Morgan fingerprint density at radius 3 is 2.71 bits per heavy atom. The molecule has 4 heteroatoms. The minimum atomic E-state index is -0.00560. The molecule has 4 nitrogen and oxygen atoms in total. The molecule has 21 heavy (non-hydrogen) atoms. The van der Waals surface area contributed by atoms with Crippen LogP contribution >= 0.6 is 0 Å². The quantitative estimate of drug-likeness (QED) is 0.875. The largest absolute Gasteiger partial charge is 0.491 e. The van der Waals surface area contributed by atoms with Crippen molar-refractivity contribution in [3.63, 3.8) is 0 Å². The van der Waals surface area contributed by atoms with Gasteiger partial charge in [-0.2, -0.15) is 0 Å². The lowest BCUT2D eigenvalue weighted by Gasteiger charge is -2.18. The smallest absolute Gasteiger partial charge is 0.251 e. The van der Waals surface area contributed by atoms with Crippen LogP contribution in [-0.4, -0.2) is 25.2 Å². The molecule has 1 aliphatic rings. The molecule has 0 radical (unpaired) electrons. The fraction of sp³-hybridized carbons (Fsp3) is 0.588. The van der Waals surface area contributed by atoms with Crippen molar-refractivity contribution >= 4 is 5.91 Å². The molecular formula is C17H25NO3. The molecule has 1 heterocycles. The van der Waals surface area contributed by atoms with E-state index < -0.39 is 0 Å². The summed E-state index contributed by atoms with van der Waals surface area (Å²) in [5.41, 5.74) is 1.63. The SMILES string of the molecule is CCCC(CCC)NC(=O)c1ccc2c(c1)COCCO2. The Labute approximate surface area is 126 Å². The van der Waals surface area contributed by atoms with Crippen LogP contribution in [-0.2, 0) is 11.3 Å². The molecule has 1 aromatic carbocycles. The highest BCUT2D eigenvalue weighted by Gasteiger charge is 2.15. The Bertz CT molecular complexity index is 467. The lowest BCUT2D eigenvalue weighted by molar-refractivity contribution is 0.0932. The molecule has 1 amide bonds. The Hall–Kier alpha value is -1.55. The van der Waals surface area contributed by atoms with E-state index in [-0.39, 0.29) is 11.9 Å². The molecular weight excluding hydrogens is 266 g/mol. The van der Waals surface area contributed by atoms with Gasteiger partial charge in [-0.25, -0.2) is 0 Å². The average Bonchev–Trinajstić information content (AvgIpc) is 2.72. The zero-order valence-corrected chi connectivity index (χ0v) is 13.0. The number of carbonyl (C=O) groups is 1. The Kier molecular flexibility index (Phi) is 6.05. The first-order valence-corrected chi connectivity index (χ1v) is 7.89. The van der Waals surface area contributed by atoms with E-state index >= 15 is 0 Å². The van der Waals surface area contributed by atoms with Crippen LogP contribution in [0.15, 0.2) is 18.2 Å². The number of nitrogens with one attached hydrogen (secondary N) is 1. The van der Waals surface area contributed by atoms with Gasteiger partial charge in [-0.3, -0.25) is 4.79 Å². The molecule has 0 aromatic heterocycles. The zero-order valence-electron chi connectivity index (χ0n) is 13.0. The second-order valence-electron chi connectivity index (χ2n) is 5.47. The first-order valence-electron chi connectivity index (χ1n) is 7.89. The first kappa shape index (κ1) is 15.8. The van der Waals surface area contributed by atoms with Crippen molar-refractivity contribution in [2.45, 2.75) is 52.2 Å². The molecule has 0 saturated carbocycles. The van der Waals surface area contributed by atoms with Crippen molar-refractivity contribution < 1.29 is 14.3 Å². The van der Waals surface area contributed by atoms with E-state index in [2.05, 4.69) is 19.2 Å². The van der Waals surface area contributed by atoms with Gasteiger partial charge in [0, 0.05) is 17.2 Å². The molecule has 2 rings (SSSR count). The monoisotopic (exact) mass is 291 g/mol. The lowest BCUT2D eigenvalue weighted by atomic mass is 10.0. The van der Waals surface area contributed by atoms with Gasteiger partial charge >= 0.3 is 0 Å². The average molecular weight is 291 g/mol. The van der Waals surface area contributed by atoms with Crippen molar-refractivity contribution in [2.24, 2.45) is 0 Å². The lowest BCUT2D eigenvalue weighted by Crippen LogP contribution is -2.34. The second-order valence-corrected chi connectivity index (χ2v) is 5.47.